The minimum atomic E-state index is -0.309. The highest BCUT2D eigenvalue weighted by molar-refractivity contribution is 7.98. The number of para-hydroxylation sites is 1. The lowest BCUT2D eigenvalue weighted by Gasteiger charge is -2.19. The topological polar surface area (TPSA) is 88.3 Å². The van der Waals surface area contributed by atoms with Crippen LogP contribution in [0.1, 0.15) is 16.1 Å². The van der Waals surface area contributed by atoms with Gasteiger partial charge in [-0.25, -0.2) is 9.97 Å². The van der Waals surface area contributed by atoms with Crippen molar-refractivity contribution in [3.8, 4) is 11.6 Å². The summed E-state index contributed by atoms with van der Waals surface area (Å²) in [6, 6.07) is 12.6. The van der Waals surface area contributed by atoms with E-state index in [1.54, 1.807) is 44.5 Å². The Morgan fingerprint density at radius 1 is 1.14 bits per heavy atom. The van der Waals surface area contributed by atoms with Crippen molar-refractivity contribution in [2.75, 3.05) is 25.2 Å². The molecule has 0 aliphatic heterocycles. The first-order chi connectivity index (χ1) is 13.5. The Labute approximate surface area is 167 Å². The zero-order valence-corrected chi connectivity index (χ0v) is 16.6. The van der Waals surface area contributed by atoms with Crippen molar-refractivity contribution >= 4 is 29.3 Å². The van der Waals surface area contributed by atoms with Crippen molar-refractivity contribution in [2.45, 2.75) is 11.9 Å². The van der Waals surface area contributed by atoms with E-state index < -0.39 is 0 Å². The average molecular weight is 396 g/mol. The number of likely N-dealkylation sites (N-methyl/N-ethyl adjacent to an activating group) is 1. The predicted molar refractivity (Wildman–Crippen MR) is 108 cm³/mol. The molecule has 2 heterocycles. The Hall–Kier alpha value is -3.13. The van der Waals surface area contributed by atoms with Crippen molar-refractivity contribution in [1.82, 2.24) is 14.9 Å². The highest BCUT2D eigenvalue weighted by atomic mass is 32.2. The van der Waals surface area contributed by atoms with Gasteiger partial charge in [0.1, 0.15) is 5.03 Å². The van der Waals surface area contributed by atoms with Crippen LogP contribution in [0.4, 0.5) is 5.69 Å². The molecule has 28 heavy (non-hydrogen) atoms. The van der Waals surface area contributed by atoms with E-state index in [0.29, 0.717) is 33.6 Å². The zero-order valence-electron chi connectivity index (χ0n) is 15.8. The summed E-state index contributed by atoms with van der Waals surface area (Å²) in [7, 11) is 1.58. The maximum Gasteiger partial charge on any atom is 0.258 e. The number of hydrogen-bond acceptors (Lipinski definition) is 6. The number of carbonyl (C=O) groups is 2. The summed E-state index contributed by atoms with van der Waals surface area (Å²) in [6.07, 6.45) is 3.39. The van der Waals surface area contributed by atoms with Crippen LogP contribution in [0.15, 0.2) is 58.2 Å². The average Bonchev–Trinajstić information content (AvgIpc) is 3.22. The summed E-state index contributed by atoms with van der Waals surface area (Å²) < 4.78 is 5.35. The van der Waals surface area contributed by atoms with Gasteiger partial charge in [-0.3, -0.25) is 9.59 Å². The second-order valence-electron chi connectivity index (χ2n) is 6.07. The molecule has 2 amide bonds. The van der Waals surface area contributed by atoms with E-state index in [2.05, 4.69) is 15.3 Å². The third-order valence-electron chi connectivity index (χ3n) is 3.99. The summed E-state index contributed by atoms with van der Waals surface area (Å²) >= 11 is 1.35. The molecule has 144 valence electrons. The van der Waals surface area contributed by atoms with Gasteiger partial charge in [0.2, 0.25) is 5.91 Å². The number of furan rings is 1. The van der Waals surface area contributed by atoms with E-state index in [9.17, 15) is 9.59 Å². The normalized spacial score (nSPS) is 10.5. The number of benzene rings is 1. The fraction of sp³-hybridized carbons (Fsp3) is 0.200. The molecule has 1 N–H and O–H groups in total. The lowest BCUT2D eigenvalue weighted by Crippen LogP contribution is -2.35. The molecule has 0 fully saturated rings. The van der Waals surface area contributed by atoms with Gasteiger partial charge in [-0.05, 0) is 37.4 Å². The Morgan fingerprint density at radius 2 is 1.89 bits per heavy atom. The third kappa shape index (κ3) is 4.40. The third-order valence-corrected chi connectivity index (χ3v) is 4.67. The molecule has 0 spiro atoms. The number of aryl methyl sites for hydroxylation is 1. The van der Waals surface area contributed by atoms with E-state index in [1.165, 1.54) is 16.7 Å². The molecule has 0 unspecified atom stereocenters. The summed E-state index contributed by atoms with van der Waals surface area (Å²) in [4.78, 5) is 35.4. The van der Waals surface area contributed by atoms with Gasteiger partial charge in [0.25, 0.3) is 5.91 Å². The van der Waals surface area contributed by atoms with Crippen molar-refractivity contribution in [3.05, 3.63) is 60.0 Å². The van der Waals surface area contributed by atoms with Gasteiger partial charge >= 0.3 is 0 Å². The quantitative estimate of drug-likeness (QED) is 0.507. The maximum absolute atomic E-state index is 13.0. The lowest BCUT2D eigenvalue weighted by atomic mass is 10.2. The zero-order chi connectivity index (χ0) is 20.1. The van der Waals surface area contributed by atoms with Gasteiger partial charge < -0.3 is 14.6 Å². The molecule has 0 saturated heterocycles. The Bertz CT molecular complexity index is 975. The monoisotopic (exact) mass is 396 g/mol. The highest BCUT2D eigenvalue weighted by Gasteiger charge is 2.23. The second kappa shape index (κ2) is 8.71. The number of thioether (sulfide) groups is 1. The van der Waals surface area contributed by atoms with Crippen LogP contribution < -0.4 is 5.32 Å². The molecule has 3 aromatic rings. The minimum absolute atomic E-state index is 0.0824. The van der Waals surface area contributed by atoms with Crippen molar-refractivity contribution in [2.24, 2.45) is 0 Å². The molecule has 0 aliphatic rings. The van der Waals surface area contributed by atoms with E-state index in [-0.39, 0.29) is 18.4 Å². The van der Waals surface area contributed by atoms with Crippen LogP contribution in [0.2, 0.25) is 0 Å². The number of carbonyl (C=O) groups excluding carboxylic acids is 2. The molecule has 8 heteroatoms. The van der Waals surface area contributed by atoms with Gasteiger partial charge in [0, 0.05) is 12.7 Å². The summed E-state index contributed by atoms with van der Waals surface area (Å²) in [5.74, 6) is 0.371. The molecule has 7 nitrogen and oxygen atoms in total. The smallest absolute Gasteiger partial charge is 0.258 e. The minimum Gasteiger partial charge on any atom is -0.461 e. The number of nitrogens with zero attached hydrogens (tertiary/aromatic N) is 3. The molecule has 2 aromatic heterocycles. The first kappa shape index (κ1) is 19.6. The summed E-state index contributed by atoms with van der Waals surface area (Å²) in [6.45, 7) is 1.67. The second-order valence-corrected chi connectivity index (χ2v) is 6.86. The van der Waals surface area contributed by atoms with Crippen LogP contribution in [-0.2, 0) is 4.79 Å². The van der Waals surface area contributed by atoms with E-state index in [0.717, 1.165) is 0 Å². The Balaban J connectivity index is 1.78. The maximum atomic E-state index is 13.0. The first-order valence-corrected chi connectivity index (χ1v) is 9.79. The van der Waals surface area contributed by atoms with Crippen molar-refractivity contribution in [1.29, 1.82) is 0 Å². The number of amides is 2. The van der Waals surface area contributed by atoms with E-state index in [4.69, 9.17) is 4.42 Å². The van der Waals surface area contributed by atoms with Gasteiger partial charge in [0.15, 0.2) is 11.6 Å². The number of hydrogen-bond donors (Lipinski definition) is 1. The fourth-order valence-electron chi connectivity index (χ4n) is 2.66. The molecule has 0 bridgehead atoms. The van der Waals surface area contributed by atoms with Crippen LogP contribution in [0, 0.1) is 6.92 Å². The van der Waals surface area contributed by atoms with E-state index in [1.807, 2.05) is 24.5 Å². The van der Waals surface area contributed by atoms with Gasteiger partial charge in [0.05, 0.1) is 24.1 Å². The predicted octanol–water partition coefficient (Wildman–Crippen LogP) is 3.48. The lowest BCUT2D eigenvalue weighted by molar-refractivity contribution is -0.116. The molecule has 0 saturated carbocycles. The number of rotatable bonds is 6. The van der Waals surface area contributed by atoms with Gasteiger partial charge in [-0.15, -0.1) is 11.8 Å². The van der Waals surface area contributed by atoms with Crippen LogP contribution in [0.5, 0.6) is 0 Å². The van der Waals surface area contributed by atoms with Gasteiger partial charge in [-0.2, -0.15) is 0 Å². The molecule has 0 aliphatic carbocycles. The van der Waals surface area contributed by atoms with Crippen LogP contribution in [-0.4, -0.2) is 46.5 Å². The molecule has 3 rings (SSSR count). The SMILES string of the molecule is CSc1nc(-c2ccco2)nc(C)c1C(=O)N(C)CC(=O)Nc1ccccc1. The Kier molecular flexibility index (Phi) is 6.10. The van der Waals surface area contributed by atoms with Crippen LogP contribution in [0.3, 0.4) is 0 Å². The van der Waals surface area contributed by atoms with Crippen LogP contribution in [0.25, 0.3) is 11.6 Å². The molecule has 0 radical (unpaired) electrons. The highest BCUT2D eigenvalue weighted by Crippen LogP contribution is 2.26. The molecular weight excluding hydrogens is 376 g/mol. The number of anilines is 1. The Morgan fingerprint density at radius 3 is 2.54 bits per heavy atom. The number of aromatic nitrogens is 2. The summed E-state index contributed by atoms with van der Waals surface area (Å²) in [5.41, 5.74) is 1.60. The molecule has 0 atom stereocenters. The summed E-state index contributed by atoms with van der Waals surface area (Å²) in [5, 5.41) is 3.31. The van der Waals surface area contributed by atoms with Crippen molar-refractivity contribution < 1.29 is 14.0 Å². The molecule has 1 aromatic carbocycles. The van der Waals surface area contributed by atoms with Gasteiger partial charge in [-0.1, -0.05) is 18.2 Å². The van der Waals surface area contributed by atoms with Crippen molar-refractivity contribution in [3.63, 3.8) is 0 Å². The fourth-order valence-corrected chi connectivity index (χ4v) is 3.27. The first-order valence-electron chi connectivity index (χ1n) is 8.56. The van der Waals surface area contributed by atoms with Crippen LogP contribution >= 0.6 is 11.8 Å². The number of nitrogens with one attached hydrogen (secondary N) is 1. The van der Waals surface area contributed by atoms with E-state index >= 15 is 0 Å². The largest absolute Gasteiger partial charge is 0.461 e. The molecular formula is C20H20N4O3S. The standard InChI is InChI=1S/C20H20N4O3S/c1-13-17(19(28-3)23-18(21-13)15-10-7-11-27-15)20(26)24(2)12-16(25)22-14-8-5-4-6-9-14/h4-11H,12H2,1-3H3,(H,22,25).